The van der Waals surface area contributed by atoms with Crippen molar-refractivity contribution in [2.75, 3.05) is 32.9 Å². The maximum Gasteiger partial charge on any atom is 0.0725 e. The molecule has 2 saturated heterocycles. The molecule has 0 spiro atoms. The van der Waals surface area contributed by atoms with E-state index in [4.69, 9.17) is 9.47 Å². The van der Waals surface area contributed by atoms with Crippen LogP contribution in [0.1, 0.15) is 13.8 Å². The summed E-state index contributed by atoms with van der Waals surface area (Å²) in [6, 6.07) is 0.671. The van der Waals surface area contributed by atoms with Crippen LogP contribution in [0.4, 0.5) is 0 Å². The van der Waals surface area contributed by atoms with Crippen LogP contribution >= 0.6 is 0 Å². The summed E-state index contributed by atoms with van der Waals surface area (Å²) in [6.07, 6.45) is 0.425. The van der Waals surface area contributed by atoms with Gasteiger partial charge in [-0.2, -0.15) is 0 Å². The molecule has 2 aliphatic heterocycles. The van der Waals surface area contributed by atoms with Crippen LogP contribution < -0.4 is 0 Å². The summed E-state index contributed by atoms with van der Waals surface area (Å²) >= 11 is 0. The minimum atomic E-state index is 0.425. The number of ether oxygens (including phenoxy) is 2. The second kappa shape index (κ2) is 3.95. The highest BCUT2D eigenvalue weighted by molar-refractivity contribution is 4.83. The Morgan fingerprint density at radius 3 is 2.62 bits per heavy atom. The lowest BCUT2D eigenvalue weighted by Crippen LogP contribution is -2.56. The maximum absolute atomic E-state index is 5.71. The first-order valence-corrected chi connectivity index (χ1v) is 5.21. The number of rotatable bonds is 2. The minimum absolute atomic E-state index is 0.425. The van der Waals surface area contributed by atoms with Gasteiger partial charge < -0.3 is 9.47 Å². The van der Waals surface area contributed by atoms with Crippen molar-refractivity contribution < 1.29 is 9.47 Å². The van der Waals surface area contributed by atoms with Crippen LogP contribution in [0.3, 0.4) is 0 Å². The molecule has 0 aromatic rings. The van der Waals surface area contributed by atoms with Gasteiger partial charge in [-0.05, 0) is 5.92 Å². The van der Waals surface area contributed by atoms with Crippen molar-refractivity contribution in [1.82, 2.24) is 4.90 Å². The van der Waals surface area contributed by atoms with E-state index in [1.54, 1.807) is 0 Å². The largest absolute Gasteiger partial charge is 0.378 e. The number of hydrogen-bond donors (Lipinski definition) is 0. The third kappa shape index (κ3) is 2.03. The van der Waals surface area contributed by atoms with Crippen molar-refractivity contribution in [2.45, 2.75) is 26.0 Å². The fraction of sp³-hybridized carbons (Fsp3) is 1.00. The molecule has 0 unspecified atom stereocenters. The molecule has 0 aromatic heterocycles. The fourth-order valence-electron chi connectivity index (χ4n) is 1.87. The van der Waals surface area contributed by atoms with Crippen LogP contribution in [0.2, 0.25) is 0 Å². The fourth-order valence-corrected chi connectivity index (χ4v) is 1.87. The molecule has 0 amide bonds. The SMILES string of the molecule is CC(C)[C@H]1CN(C2COC2)CCO1. The highest BCUT2D eigenvalue weighted by atomic mass is 16.5. The van der Waals surface area contributed by atoms with Crippen LogP contribution in [0.25, 0.3) is 0 Å². The van der Waals surface area contributed by atoms with Gasteiger partial charge in [0.1, 0.15) is 0 Å². The quantitative estimate of drug-likeness (QED) is 0.633. The highest BCUT2D eigenvalue weighted by Crippen LogP contribution is 2.18. The lowest BCUT2D eigenvalue weighted by molar-refractivity contribution is -0.122. The van der Waals surface area contributed by atoms with Gasteiger partial charge in [0.15, 0.2) is 0 Å². The van der Waals surface area contributed by atoms with Crippen molar-refractivity contribution in [1.29, 1.82) is 0 Å². The molecule has 1 atom stereocenters. The average molecular weight is 185 g/mol. The van der Waals surface area contributed by atoms with Crippen molar-refractivity contribution in [3.63, 3.8) is 0 Å². The number of hydrogen-bond acceptors (Lipinski definition) is 3. The maximum atomic E-state index is 5.71. The zero-order valence-electron chi connectivity index (χ0n) is 8.53. The van der Waals surface area contributed by atoms with Gasteiger partial charge in [0.2, 0.25) is 0 Å². The molecule has 2 rings (SSSR count). The van der Waals surface area contributed by atoms with Gasteiger partial charge >= 0.3 is 0 Å². The summed E-state index contributed by atoms with van der Waals surface area (Å²) in [5.74, 6) is 0.629. The molecule has 3 heteroatoms. The number of morpholine rings is 1. The zero-order chi connectivity index (χ0) is 9.26. The second-order valence-corrected chi connectivity index (χ2v) is 4.34. The first kappa shape index (κ1) is 9.44. The van der Waals surface area contributed by atoms with E-state index in [1.165, 1.54) is 0 Å². The molecule has 3 nitrogen and oxygen atoms in total. The molecule has 76 valence electrons. The van der Waals surface area contributed by atoms with E-state index >= 15 is 0 Å². The van der Waals surface area contributed by atoms with E-state index in [0.717, 1.165) is 32.9 Å². The predicted molar refractivity (Wildman–Crippen MR) is 50.8 cm³/mol. The van der Waals surface area contributed by atoms with Crippen molar-refractivity contribution in [3.05, 3.63) is 0 Å². The van der Waals surface area contributed by atoms with Crippen molar-refractivity contribution >= 4 is 0 Å². The molecule has 0 saturated carbocycles. The smallest absolute Gasteiger partial charge is 0.0725 e. The molecular weight excluding hydrogens is 166 g/mol. The standard InChI is InChI=1S/C10H19NO2/c1-8(2)10-5-11(3-4-13-10)9-6-12-7-9/h8-10H,3-7H2,1-2H3/t10-/m1/s1. The highest BCUT2D eigenvalue weighted by Gasteiger charge is 2.31. The predicted octanol–water partition coefficient (Wildman–Crippen LogP) is 0.742. The van der Waals surface area contributed by atoms with E-state index in [0.29, 0.717) is 18.1 Å². The topological polar surface area (TPSA) is 21.7 Å². The zero-order valence-corrected chi connectivity index (χ0v) is 8.53. The average Bonchev–Trinajstić information content (AvgIpc) is 2.01. The van der Waals surface area contributed by atoms with Crippen LogP contribution in [-0.2, 0) is 9.47 Å². The Balaban J connectivity index is 1.84. The number of nitrogens with zero attached hydrogens (tertiary/aromatic N) is 1. The molecule has 0 radical (unpaired) electrons. The van der Waals surface area contributed by atoms with Crippen molar-refractivity contribution in [2.24, 2.45) is 5.92 Å². The Labute approximate surface area is 80.0 Å². The van der Waals surface area contributed by atoms with Gasteiger partial charge in [0.25, 0.3) is 0 Å². The van der Waals surface area contributed by atoms with Gasteiger partial charge in [-0.1, -0.05) is 13.8 Å². The molecule has 2 aliphatic rings. The monoisotopic (exact) mass is 185 g/mol. The molecular formula is C10H19NO2. The molecule has 0 aliphatic carbocycles. The Bertz CT molecular complexity index is 168. The lowest BCUT2D eigenvalue weighted by Gasteiger charge is -2.42. The Morgan fingerprint density at radius 1 is 1.31 bits per heavy atom. The summed E-state index contributed by atoms with van der Waals surface area (Å²) in [5.41, 5.74) is 0. The van der Waals surface area contributed by atoms with Crippen LogP contribution in [0.15, 0.2) is 0 Å². The van der Waals surface area contributed by atoms with E-state index < -0.39 is 0 Å². The van der Waals surface area contributed by atoms with E-state index in [9.17, 15) is 0 Å². The van der Waals surface area contributed by atoms with Crippen LogP contribution in [0, 0.1) is 5.92 Å². The van der Waals surface area contributed by atoms with E-state index in [2.05, 4.69) is 18.7 Å². The molecule has 13 heavy (non-hydrogen) atoms. The first-order chi connectivity index (χ1) is 6.27. The van der Waals surface area contributed by atoms with Crippen molar-refractivity contribution in [3.8, 4) is 0 Å². The summed E-state index contributed by atoms with van der Waals surface area (Å²) < 4.78 is 10.9. The minimum Gasteiger partial charge on any atom is -0.378 e. The summed E-state index contributed by atoms with van der Waals surface area (Å²) in [4.78, 5) is 2.51. The molecule has 2 fully saturated rings. The third-order valence-electron chi connectivity index (χ3n) is 3.01. The first-order valence-electron chi connectivity index (χ1n) is 5.21. The summed E-state index contributed by atoms with van der Waals surface area (Å²) in [5, 5.41) is 0. The van der Waals surface area contributed by atoms with Gasteiger partial charge in [-0.25, -0.2) is 0 Å². The lowest BCUT2D eigenvalue weighted by atomic mass is 10.0. The Kier molecular flexibility index (Phi) is 2.86. The molecule has 0 N–H and O–H groups in total. The van der Waals surface area contributed by atoms with Gasteiger partial charge in [-0.15, -0.1) is 0 Å². The van der Waals surface area contributed by atoms with Gasteiger partial charge in [0.05, 0.1) is 32.0 Å². The van der Waals surface area contributed by atoms with Crippen LogP contribution in [-0.4, -0.2) is 50.0 Å². The second-order valence-electron chi connectivity index (χ2n) is 4.34. The Hall–Kier alpha value is -0.120. The molecule has 2 heterocycles. The van der Waals surface area contributed by atoms with E-state index in [-0.39, 0.29) is 0 Å². The third-order valence-corrected chi connectivity index (χ3v) is 3.01. The van der Waals surface area contributed by atoms with Gasteiger partial charge in [-0.3, -0.25) is 4.90 Å². The normalized spacial score (nSPS) is 32.1. The Morgan fingerprint density at radius 2 is 2.08 bits per heavy atom. The molecule has 0 bridgehead atoms. The summed E-state index contributed by atoms with van der Waals surface area (Å²) in [6.45, 7) is 9.36. The van der Waals surface area contributed by atoms with E-state index in [1.807, 2.05) is 0 Å². The van der Waals surface area contributed by atoms with Crippen LogP contribution in [0.5, 0.6) is 0 Å². The molecule has 0 aromatic carbocycles. The van der Waals surface area contributed by atoms with Gasteiger partial charge in [0, 0.05) is 13.1 Å². The summed E-state index contributed by atoms with van der Waals surface area (Å²) in [7, 11) is 0.